The van der Waals surface area contributed by atoms with E-state index in [9.17, 15) is 12.8 Å². The predicted octanol–water partition coefficient (Wildman–Crippen LogP) is 4.55. The van der Waals surface area contributed by atoms with E-state index in [1.54, 1.807) is 19.9 Å². The molecule has 0 aliphatic heterocycles. The largest absolute Gasteiger partial charge is 0.280 e. The first kappa shape index (κ1) is 16.1. The van der Waals surface area contributed by atoms with E-state index < -0.39 is 15.8 Å². The van der Waals surface area contributed by atoms with Gasteiger partial charge in [-0.25, -0.2) is 12.8 Å². The van der Waals surface area contributed by atoms with E-state index in [0.717, 1.165) is 6.07 Å². The molecule has 0 aromatic heterocycles. The monoisotopic (exact) mass is 347 g/mol. The summed E-state index contributed by atoms with van der Waals surface area (Å²) in [4.78, 5) is 0.116. The SMILES string of the molecule is Cc1cc(S(=O)(=O)Nc2ccc(F)c(Cl)c2)c(C)cc1Cl. The van der Waals surface area contributed by atoms with Crippen LogP contribution in [0.4, 0.5) is 10.1 Å². The number of halogens is 3. The number of sulfonamides is 1. The molecule has 0 spiro atoms. The van der Waals surface area contributed by atoms with Crippen molar-refractivity contribution in [3.05, 3.63) is 57.3 Å². The second-order valence-corrected chi connectivity index (χ2v) is 7.07. The first-order chi connectivity index (χ1) is 9.70. The van der Waals surface area contributed by atoms with Crippen molar-refractivity contribution in [1.29, 1.82) is 0 Å². The van der Waals surface area contributed by atoms with E-state index in [-0.39, 0.29) is 15.6 Å². The highest BCUT2D eigenvalue weighted by molar-refractivity contribution is 7.92. The van der Waals surface area contributed by atoms with Gasteiger partial charge < -0.3 is 0 Å². The molecular weight excluding hydrogens is 336 g/mol. The Bertz CT molecular complexity index is 807. The van der Waals surface area contributed by atoms with Gasteiger partial charge in [0.25, 0.3) is 10.0 Å². The number of rotatable bonds is 3. The molecule has 1 N–H and O–H groups in total. The second kappa shape index (κ2) is 5.83. The maximum absolute atomic E-state index is 13.1. The number of aryl methyl sites for hydroxylation is 2. The van der Waals surface area contributed by atoms with Crippen LogP contribution in [0.3, 0.4) is 0 Å². The Balaban J connectivity index is 2.43. The predicted molar refractivity (Wildman–Crippen MR) is 83.1 cm³/mol. The Morgan fingerprint density at radius 1 is 1.00 bits per heavy atom. The highest BCUT2D eigenvalue weighted by Crippen LogP contribution is 2.27. The van der Waals surface area contributed by atoms with Crippen LogP contribution in [-0.2, 0) is 10.0 Å². The van der Waals surface area contributed by atoms with E-state index in [4.69, 9.17) is 23.2 Å². The zero-order chi connectivity index (χ0) is 15.8. The molecular formula is C14H12Cl2FNO2S. The third-order valence-electron chi connectivity index (χ3n) is 2.92. The van der Waals surface area contributed by atoms with Crippen LogP contribution < -0.4 is 4.72 Å². The molecule has 0 atom stereocenters. The number of anilines is 1. The van der Waals surface area contributed by atoms with Gasteiger partial charge in [0.15, 0.2) is 0 Å². The van der Waals surface area contributed by atoms with Crippen LogP contribution in [-0.4, -0.2) is 8.42 Å². The lowest BCUT2D eigenvalue weighted by Gasteiger charge is -2.12. The summed E-state index contributed by atoms with van der Waals surface area (Å²) in [6, 6.07) is 6.69. The van der Waals surface area contributed by atoms with Crippen molar-refractivity contribution in [3.8, 4) is 0 Å². The maximum atomic E-state index is 13.1. The van der Waals surface area contributed by atoms with Crippen molar-refractivity contribution >= 4 is 38.9 Å². The lowest BCUT2D eigenvalue weighted by Crippen LogP contribution is -2.14. The molecule has 7 heteroatoms. The molecule has 2 aromatic carbocycles. The molecule has 0 fully saturated rings. The molecule has 21 heavy (non-hydrogen) atoms. The fourth-order valence-electron chi connectivity index (χ4n) is 1.81. The van der Waals surface area contributed by atoms with Crippen LogP contribution in [0.1, 0.15) is 11.1 Å². The lowest BCUT2D eigenvalue weighted by molar-refractivity contribution is 0.600. The molecule has 0 bridgehead atoms. The Morgan fingerprint density at radius 2 is 1.67 bits per heavy atom. The van der Waals surface area contributed by atoms with E-state index in [2.05, 4.69) is 4.72 Å². The highest BCUT2D eigenvalue weighted by Gasteiger charge is 2.18. The molecule has 112 valence electrons. The Morgan fingerprint density at radius 3 is 2.29 bits per heavy atom. The fraction of sp³-hybridized carbons (Fsp3) is 0.143. The zero-order valence-corrected chi connectivity index (χ0v) is 13.6. The van der Waals surface area contributed by atoms with Crippen molar-refractivity contribution in [1.82, 2.24) is 0 Å². The maximum Gasteiger partial charge on any atom is 0.262 e. The molecule has 0 radical (unpaired) electrons. The van der Waals surface area contributed by atoms with Crippen LogP contribution >= 0.6 is 23.2 Å². The van der Waals surface area contributed by atoms with Crippen LogP contribution in [0.25, 0.3) is 0 Å². The molecule has 2 rings (SSSR count). The van der Waals surface area contributed by atoms with Crippen LogP contribution in [0, 0.1) is 19.7 Å². The molecule has 0 unspecified atom stereocenters. The summed E-state index contributed by atoms with van der Waals surface area (Å²) in [6.45, 7) is 3.37. The standard InChI is InChI=1S/C14H12Cl2FNO2S/c1-8-6-14(9(2)5-11(8)15)21(19,20)18-10-3-4-13(17)12(16)7-10/h3-7,18H,1-2H3. The smallest absolute Gasteiger partial charge is 0.262 e. The Kier molecular flexibility index (Phi) is 4.46. The summed E-state index contributed by atoms with van der Waals surface area (Å²) in [7, 11) is -3.80. The van der Waals surface area contributed by atoms with Crippen molar-refractivity contribution in [2.24, 2.45) is 0 Å². The normalized spacial score (nSPS) is 11.5. The van der Waals surface area contributed by atoms with E-state index in [0.29, 0.717) is 16.1 Å². The highest BCUT2D eigenvalue weighted by atomic mass is 35.5. The van der Waals surface area contributed by atoms with Gasteiger partial charge in [0.1, 0.15) is 5.82 Å². The van der Waals surface area contributed by atoms with E-state index in [1.165, 1.54) is 18.2 Å². The fourth-order valence-corrected chi connectivity index (χ4v) is 3.57. The third kappa shape index (κ3) is 3.48. The molecule has 0 heterocycles. The summed E-state index contributed by atoms with van der Waals surface area (Å²) in [6.07, 6.45) is 0. The molecule has 3 nitrogen and oxygen atoms in total. The average molecular weight is 348 g/mol. The number of hydrogen-bond donors (Lipinski definition) is 1. The van der Waals surface area contributed by atoms with Gasteiger partial charge in [-0.05, 0) is 55.3 Å². The second-order valence-electron chi connectivity index (χ2n) is 4.60. The molecule has 0 aliphatic carbocycles. The summed E-state index contributed by atoms with van der Waals surface area (Å²) < 4.78 is 40.2. The Hall–Kier alpha value is -1.30. The topological polar surface area (TPSA) is 46.2 Å². The minimum absolute atomic E-state index is 0.116. The average Bonchev–Trinajstić information content (AvgIpc) is 2.37. The third-order valence-corrected chi connectivity index (χ3v) is 5.14. The molecule has 2 aromatic rings. The molecule has 0 amide bonds. The zero-order valence-electron chi connectivity index (χ0n) is 11.2. The van der Waals surface area contributed by atoms with Gasteiger partial charge in [0.2, 0.25) is 0 Å². The molecule has 0 saturated carbocycles. The van der Waals surface area contributed by atoms with Crippen molar-refractivity contribution in [2.45, 2.75) is 18.7 Å². The van der Waals surface area contributed by atoms with E-state index >= 15 is 0 Å². The van der Waals surface area contributed by atoms with Crippen LogP contribution in [0.5, 0.6) is 0 Å². The van der Waals surface area contributed by atoms with Gasteiger partial charge in [-0.3, -0.25) is 4.72 Å². The van der Waals surface area contributed by atoms with Gasteiger partial charge in [-0.1, -0.05) is 23.2 Å². The van der Waals surface area contributed by atoms with Gasteiger partial charge >= 0.3 is 0 Å². The molecule has 0 aliphatic rings. The number of hydrogen-bond acceptors (Lipinski definition) is 2. The lowest BCUT2D eigenvalue weighted by atomic mass is 10.2. The minimum atomic E-state index is -3.80. The first-order valence-corrected chi connectivity index (χ1v) is 8.19. The summed E-state index contributed by atoms with van der Waals surface area (Å²) in [5.74, 6) is -0.613. The van der Waals surface area contributed by atoms with Gasteiger partial charge in [0.05, 0.1) is 15.6 Å². The summed E-state index contributed by atoms with van der Waals surface area (Å²) in [5, 5.41) is 0.343. The number of nitrogens with one attached hydrogen (secondary N) is 1. The van der Waals surface area contributed by atoms with Gasteiger partial charge in [0, 0.05) is 5.02 Å². The van der Waals surface area contributed by atoms with E-state index in [1.807, 2.05) is 0 Å². The van der Waals surface area contributed by atoms with Crippen molar-refractivity contribution in [2.75, 3.05) is 4.72 Å². The minimum Gasteiger partial charge on any atom is -0.280 e. The van der Waals surface area contributed by atoms with Gasteiger partial charge in [-0.2, -0.15) is 0 Å². The summed E-state index contributed by atoms with van der Waals surface area (Å²) in [5.41, 5.74) is 1.36. The summed E-state index contributed by atoms with van der Waals surface area (Å²) >= 11 is 11.6. The quantitative estimate of drug-likeness (QED) is 0.885. The van der Waals surface area contributed by atoms with Crippen LogP contribution in [0.2, 0.25) is 10.0 Å². The van der Waals surface area contributed by atoms with Crippen molar-refractivity contribution in [3.63, 3.8) is 0 Å². The first-order valence-electron chi connectivity index (χ1n) is 5.95. The van der Waals surface area contributed by atoms with Crippen LogP contribution in [0.15, 0.2) is 35.2 Å². The van der Waals surface area contributed by atoms with Gasteiger partial charge in [-0.15, -0.1) is 0 Å². The number of benzene rings is 2. The van der Waals surface area contributed by atoms with Crippen molar-refractivity contribution < 1.29 is 12.8 Å². The molecule has 0 saturated heterocycles. The Labute approximate surface area is 132 Å².